The van der Waals surface area contributed by atoms with E-state index in [4.69, 9.17) is 4.74 Å². The molecule has 1 aromatic heterocycles. The van der Waals surface area contributed by atoms with Crippen molar-refractivity contribution in [2.45, 2.75) is 6.18 Å². The normalized spacial score (nSPS) is 14.2. The molecule has 1 fully saturated rings. The van der Waals surface area contributed by atoms with Gasteiger partial charge in [0.1, 0.15) is 22.1 Å². The lowest BCUT2D eigenvalue weighted by molar-refractivity contribution is -0.384. The Morgan fingerprint density at radius 3 is 2.38 bits per heavy atom. The van der Waals surface area contributed by atoms with E-state index in [1.54, 1.807) is 34.4 Å². The number of thiazole rings is 1. The van der Waals surface area contributed by atoms with Crippen molar-refractivity contribution in [3.05, 3.63) is 69.2 Å². The standard InChI is InChI=1S/C22H19F3N4O4S/c1-33-16-5-2-14(3-6-16)20-26-17(13-34-20)21(30)28-10-8-27(9-11-28)18-7-4-15(22(23,24)25)12-19(18)29(31)32/h2-7,12-13H,8-11H2,1H3. The quantitative estimate of drug-likeness (QED) is 0.379. The van der Waals surface area contributed by atoms with Crippen LogP contribution in [-0.2, 0) is 6.18 Å². The zero-order valence-electron chi connectivity index (χ0n) is 17.9. The van der Waals surface area contributed by atoms with Crippen LogP contribution >= 0.6 is 11.3 Å². The predicted octanol–water partition coefficient (Wildman–Crippen LogP) is 4.71. The molecule has 178 valence electrons. The number of halogens is 3. The summed E-state index contributed by atoms with van der Waals surface area (Å²) in [6.07, 6.45) is -4.67. The van der Waals surface area contributed by atoms with Crippen LogP contribution in [-0.4, -0.2) is 54.0 Å². The molecule has 4 rings (SSSR count). The van der Waals surface area contributed by atoms with Gasteiger partial charge < -0.3 is 14.5 Å². The maximum Gasteiger partial charge on any atom is 0.416 e. The minimum Gasteiger partial charge on any atom is -0.497 e. The first kappa shape index (κ1) is 23.5. The van der Waals surface area contributed by atoms with Crippen LogP contribution in [0.5, 0.6) is 5.75 Å². The summed E-state index contributed by atoms with van der Waals surface area (Å²) in [5.74, 6) is 0.445. The third-order valence-electron chi connectivity index (χ3n) is 5.47. The molecule has 0 saturated carbocycles. The van der Waals surface area contributed by atoms with E-state index in [0.29, 0.717) is 22.5 Å². The molecule has 2 aromatic carbocycles. The molecule has 0 aliphatic carbocycles. The monoisotopic (exact) mass is 492 g/mol. The molecule has 34 heavy (non-hydrogen) atoms. The fourth-order valence-electron chi connectivity index (χ4n) is 3.66. The van der Waals surface area contributed by atoms with Crippen LogP contribution in [0.25, 0.3) is 10.6 Å². The first-order chi connectivity index (χ1) is 16.2. The Hall–Kier alpha value is -3.67. The summed E-state index contributed by atoms with van der Waals surface area (Å²) in [5, 5.41) is 13.7. The summed E-state index contributed by atoms with van der Waals surface area (Å²) in [7, 11) is 1.57. The van der Waals surface area contributed by atoms with Crippen LogP contribution in [0.2, 0.25) is 0 Å². The number of hydrogen-bond acceptors (Lipinski definition) is 7. The average Bonchev–Trinajstić information content (AvgIpc) is 3.33. The number of benzene rings is 2. The van der Waals surface area contributed by atoms with Crippen LogP contribution in [0.3, 0.4) is 0 Å². The van der Waals surface area contributed by atoms with Crippen molar-refractivity contribution in [1.29, 1.82) is 0 Å². The predicted molar refractivity (Wildman–Crippen MR) is 120 cm³/mol. The molecule has 0 unspecified atom stereocenters. The number of ether oxygens (including phenoxy) is 1. The van der Waals surface area contributed by atoms with E-state index in [1.165, 1.54) is 11.3 Å². The van der Waals surface area contributed by atoms with Gasteiger partial charge in [-0.15, -0.1) is 11.3 Å². The molecular formula is C22H19F3N4O4S. The highest BCUT2D eigenvalue weighted by atomic mass is 32.1. The number of alkyl halides is 3. The van der Waals surface area contributed by atoms with Gasteiger partial charge in [0.25, 0.3) is 11.6 Å². The Kier molecular flexibility index (Phi) is 6.42. The van der Waals surface area contributed by atoms with Crippen LogP contribution in [0.4, 0.5) is 24.5 Å². The number of piperazine rings is 1. The molecule has 0 spiro atoms. The third-order valence-corrected chi connectivity index (χ3v) is 6.36. The zero-order chi connectivity index (χ0) is 24.5. The number of amides is 1. The average molecular weight is 492 g/mol. The lowest BCUT2D eigenvalue weighted by Gasteiger charge is -2.35. The maximum absolute atomic E-state index is 13.0. The number of carbonyl (C=O) groups excluding carboxylic acids is 1. The second-order valence-corrected chi connectivity index (χ2v) is 8.36. The van der Waals surface area contributed by atoms with E-state index >= 15 is 0 Å². The molecule has 0 radical (unpaired) electrons. The number of anilines is 1. The van der Waals surface area contributed by atoms with Gasteiger partial charge in [-0.25, -0.2) is 4.98 Å². The van der Waals surface area contributed by atoms with E-state index in [2.05, 4.69) is 4.98 Å². The van der Waals surface area contributed by atoms with Gasteiger partial charge in [-0.1, -0.05) is 0 Å². The third kappa shape index (κ3) is 4.81. The molecule has 1 aliphatic heterocycles. The zero-order valence-corrected chi connectivity index (χ0v) is 18.7. The lowest BCUT2D eigenvalue weighted by atomic mass is 10.1. The largest absolute Gasteiger partial charge is 0.497 e. The van der Waals surface area contributed by atoms with Crippen molar-refractivity contribution in [2.75, 3.05) is 38.2 Å². The molecule has 1 amide bonds. The van der Waals surface area contributed by atoms with Crippen molar-refractivity contribution in [3.63, 3.8) is 0 Å². The van der Waals surface area contributed by atoms with Crippen molar-refractivity contribution < 1.29 is 27.6 Å². The molecule has 2 heterocycles. The van der Waals surface area contributed by atoms with E-state index in [-0.39, 0.29) is 37.8 Å². The minimum atomic E-state index is -4.67. The minimum absolute atomic E-state index is 0.0977. The number of hydrogen-bond donors (Lipinski definition) is 0. The molecule has 8 nitrogen and oxygen atoms in total. The van der Waals surface area contributed by atoms with Gasteiger partial charge in [0.2, 0.25) is 0 Å². The smallest absolute Gasteiger partial charge is 0.416 e. The molecule has 1 aliphatic rings. The number of rotatable bonds is 5. The Bertz CT molecular complexity index is 1210. The number of nitro groups is 1. The maximum atomic E-state index is 13.0. The first-order valence-corrected chi connectivity index (χ1v) is 11.0. The Balaban J connectivity index is 1.44. The van der Waals surface area contributed by atoms with Gasteiger partial charge in [0.15, 0.2) is 0 Å². The second-order valence-electron chi connectivity index (χ2n) is 7.50. The summed E-state index contributed by atoms with van der Waals surface area (Å²) in [6.45, 7) is 1.000. The topological polar surface area (TPSA) is 88.8 Å². The number of nitrogens with zero attached hydrogens (tertiary/aromatic N) is 4. The van der Waals surface area contributed by atoms with Crippen molar-refractivity contribution in [2.24, 2.45) is 0 Å². The molecule has 3 aromatic rings. The summed E-state index contributed by atoms with van der Waals surface area (Å²) in [4.78, 5) is 31.1. The molecule has 12 heteroatoms. The Labute approximate surface area is 196 Å². The summed E-state index contributed by atoms with van der Waals surface area (Å²) >= 11 is 1.34. The highest BCUT2D eigenvalue weighted by Crippen LogP contribution is 2.37. The second kappa shape index (κ2) is 9.29. The molecule has 1 saturated heterocycles. The van der Waals surface area contributed by atoms with Gasteiger partial charge in [0.05, 0.1) is 17.6 Å². The van der Waals surface area contributed by atoms with Gasteiger partial charge in [-0.3, -0.25) is 14.9 Å². The molecule has 0 bridgehead atoms. The van der Waals surface area contributed by atoms with Crippen molar-refractivity contribution in [1.82, 2.24) is 9.88 Å². The van der Waals surface area contributed by atoms with E-state index in [1.807, 2.05) is 12.1 Å². The van der Waals surface area contributed by atoms with Crippen LogP contribution in [0.15, 0.2) is 47.8 Å². The van der Waals surface area contributed by atoms with E-state index in [9.17, 15) is 28.1 Å². The van der Waals surface area contributed by atoms with E-state index in [0.717, 1.165) is 17.7 Å². The van der Waals surface area contributed by atoms with Crippen molar-refractivity contribution in [3.8, 4) is 16.3 Å². The van der Waals surface area contributed by atoms with Gasteiger partial charge in [-0.05, 0) is 36.4 Å². The van der Waals surface area contributed by atoms with Crippen LogP contribution in [0.1, 0.15) is 16.1 Å². The van der Waals surface area contributed by atoms with Gasteiger partial charge >= 0.3 is 6.18 Å². The number of aromatic nitrogens is 1. The fraction of sp³-hybridized carbons (Fsp3) is 0.273. The highest BCUT2D eigenvalue weighted by Gasteiger charge is 2.34. The molecule has 0 atom stereocenters. The molecular weight excluding hydrogens is 473 g/mol. The number of carbonyl (C=O) groups is 1. The van der Waals surface area contributed by atoms with Crippen LogP contribution < -0.4 is 9.64 Å². The SMILES string of the molecule is COc1ccc(-c2nc(C(=O)N3CCN(c4ccc(C(F)(F)F)cc4[N+](=O)[O-])CC3)cs2)cc1. The Morgan fingerprint density at radius 1 is 1.12 bits per heavy atom. The van der Waals surface area contributed by atoms with Gasteiger partial charge in [-0.2, -0.15) is 13.2 Å². The number of methoxy groups -OCH3 is 1. The fourth-order valence-corrected chi connectivity index (χ4v) is 4.46. The lowest BCUT2D eigenvalue weighted by Crippen LogP contribution is -2.49. The highest BCUT2D eigenvalue weighted by molar-refractivity contribution is 7.13. The summed E-state index contributed by atoms with van der Waals surface area (Å²) < 4.78 is 44.0. The molecule has 0 N–H and O–H groups in total. The summed E-state index contributed by atoms with van der Waals surface area (Å²) in [6, 6.07) is 9.79. The Morgan fingerprint density at radius 2 is 1.79 bits per heavy atom. The van der Waals surface area contributed by atoms with Crippen LogP contribution in [0, 0.1) is 10.1 Å². The van der Waals surface area contributed by atoms with Gasteiger partial charge in [0, 0.05) is 43.2 Å². The number of nitro benzene ring substituents is 1. The van der Waals surface area contributed by atoms with Crippen molar-refractivity contribution >= 4 is 28.6 Å². The van der Waals surface area contributed by atoms with E-state index < -0.39 is 22.4 Å². The first-order valence-electron chi connectivity index (χ1n) is 10.2. The summed E-state index contributed by atoms with van der Waals surface area (Å²) in [5.41, 5.74) is -0.444.